The second-order valence-corrected chi connectivity index (χ2v) is 6.98. The minimum absolute atomic E-state index is 0.0187. The van der Waals surface area contributed by atoms with E-state index in [1.165, 1.54) is 29.8 Å². The predicted molar refractivity (Wildman–Crippen MR) is 106 cm³/mol. The van der Waals surface area contributed by atoms with Crippen LogP contribution in [0.4, 0.5) is 32.5 Å². The number of nitro groups is 1. The Labute approximate surface area is 166 Å². The summed E-state index contributed by atoms with van der Waals surface area (Å²) in [5, 5.41) is 17.7. The fraction of sp³-hybridized carbons (Fsp3) is 0. The van der Waals surface area contributed by atoms with Crippen LogP contribution in [0, 0.1) is 15.9 Å². The van der Waals surface area contributed by atoms with Gasteiger partial charge in [0.2, 0.25) is 11.6 Å². The van der Waals surface area contributed by atoms with E-state index in [2.05, 4.69) is 25.6 Å². The van der Waals surface area contributed by atoms with E-state index in [-0.39, 0.29) is 22.3 Å². The topological polar surface area (TPSA) is 106 Å². The number of nitrogens with zero attached hydrogens (tertiary/aromatic N) is 4. The van der Waals surface area contributed by atoms with Crippen LogP contribution >= 0.6 is 22.9 Å². The number of fused-ring (bicyclic) bond motifs is 1. The summed E-state index contributed by atoms with van der Waals surface area (Å²) < 4.78 is 14.3. The molecule has 2 aromatic heterocycles. The summed E-state index contributed by atoms with van der Waals surface area (Å²) in [7, 11) is 0. The second-order valence-electron chi connectivity index (χ2n) is 5.54. The summed E-state index contributed by atoms with van der Waals surface area (Å²) in [6, 6.07) is 11.3. The molecule has 0 aliphatic heterocycles. The number of anilines is 4. The van der Waals surface area contributed by atoms with Gasteiger partial charge in [-0.25, -0.2) is 19.3 Å². The van der Waals surface area contributed by atoms with Crippen molar-refractivity contribution in [3.8, 4) is 0 Å². The standard InChI is InChI=1S/C17H10ClFN6O2S/c18-10-7-9(5-6-11(10)19)22-15-14(25(26)27)16(21-8-20-15)24-17-23-12-3-1-2-4-13(12)28-17/h1-8H,(H2,20,21,22,23,24). The van der Waals surface area contributed by atoms with Crippen LogP contribution in [0.2, 0.25) is 5.02 Å². The van der Waals surface area contributed by atoms with Gasteiger partial charge in [-0.3, -0.25) is 10.1 Å². The molecule has 0 spiro atoms. The minimum Gasteiger partial charge on any atom is -0.334 e. The molecule has 0 radical (unpaired) electrons. The number of hydrogen-bond donors (Lipinski definition) is 2. The first-order valence-corrected chi connectivity index (χ1v) is 9.05. The summed E-state index contributed by atoms with van der Waals surface area (Å²) >= 11 is 7.10. The van der Waals surface area contributed by atoms with E-state index >= 15 is 0 Å². The Morgan fingerprint density at radius 1 is 1.11 bits per heavy atom. The average molecular weight is 417 g/mol. The zero-order valence-corrected chi connectivity index (χ0v) is 15.5. The van der Waals surface area contributed by atoms with Gasteiger partial charge in [0.1, 0.15) is 12.1 Å². The maximum Gasteiger partial charge on any atom is 0.353 e. The maximum absolute atomic E-state index is 13.3. The minimum atomic E-state index is -0.608. The van der Waals surface area contributed by atoms with E-state index in [9.17, 15) is 14.5 Å². The van der Waals surface area contributed by atoms with Gasteiger partial charge in [0.05, 0.1) is 20.2 Å². The van der Waals surface area contributed by atoms with Crippen LogP contribution in [-0.2, 0) is 0 Å². The predicted octanol–water partition coefficient (Wildman–Crippen LogP) is 5.27. The lowest BCUT2D eigenvalue weighted by molar-refractivity contribution is -0.383. The van der Waals surface area contributed by atoms with Crippen molar-refractivity contribution in [1.82, 2.24) is 15.0 Å². The first-order valence-electron chi connectivity index (χ1n) is 7.85. The summed E-state index contributed by atoms with van der Waals surface area (Å²) in [5.41, 5.74) is 0.743. The number of rotatable bonds is 5. The van der Waals surface area contributed by atoms with Crippen LogP contribution in [0.5, 0.6) is 0 Å². The molecule has 2 heterocycles. The molecular weight excluding hydrogens is 407 g/mol. The highest BCUT2D eigenvalue weighted by molar-refractivity contribution is 7.22. The van der Waals surface area contributed by atoms with E-state index in [1.807, 2.05) is 24.3 Å². The molecule has 140 valence electrons. The van der Waals surface area contributed by atoms with Crippen molar-refractivity contribution in [3.63, 3.8) is 0 Å². The van der Waals surface area contributed by atoms with Crippen molar-refractivity contribution in [2.24, 2.45) is 0 Å². The zero-order chi connectivity index (χ0) is 19.7. The number of aromatic nitrogens is 3. The fourth-order valence-electron chi connectivity index (χ4n) is 2.47. The van der Waals surface area contributed by atoms with Gasteiger partial charge < -0.3 is 10.6 Å². The van der Waals surface area contributed by atoms with Gasteiger partial charge in [-0.15, -0.1) is 0 Å². The summed E-state index contributed by atoms with van der Waals surface area (Å²) in [5.74, 6) is -0.677. The Morgan fingerprint density at radius 3 is 2.57 bits per heavy atom. The monoisotopic (exact) mass is 416 g/mol. The van der Waals surface area contributed by atoms with Crippen molar-refractivity contribution in [1.29, 1.82) is 0 Å². The van der Waals surface area contributed by atoms with E-state index in [0.717, 1.165) is 16.3 Å². The molecule has 2 N–H and O–H groups in total. The van der Waals surface area contributed by atoms with Crippen LogP contribution in [0.1, 0.15) is 0 Å². The normalized spacial score (nSPS) is 10.8. The molecule has 0 aliphatic carbocycles. The van der Waals surface area contributed by atoms with E-state index in [0.29, 0.717) is 10.8 Å². The SMILES string of the molecule is O=[N+]([O-])c1c(Nc2ccc(F)c(Cl)c2)ncnc1Nc1nc2ccccc2s1. The molecule has 0 fully saturated rings. The molecule has 0 unspecified atom stereocenters. The first kappa shape index (κ1) is 18.0. The van der Waals surface area contributed by atoms with Crippen molar-refractivity contribution in [3.05, 3.63) is 69.7 Å². The molecule has 0 saturated heterocycles. The largest absolute Gasteiger partial charge is 0.353 e. The number of para-hydroxylation sites is 1. The number of hydrogen-bond acceptors (Lipinski definition) is 8. The van der Waals surface area contributed by atoms with E-state index in [4.69, 9.17) is 11.6 Å². The number of nitrogens with one attached hydrogen (secondary N) is 2. The third-order valence-corrected chi connectivity index (χ3v) is 4.95. The van der Waals surface area contributed by atoms with Gasteiger partial charge in [-0.2, -0.15) is 0 Å². The molecule has 2 aromatic carbocycles. The van der Waals surface area contributed by atoms with Gasteiger partial charge >= 0.3 is 5.69 Å². The molecule has 0 aliphatic rings. The van der Waals surface area contributed by atoms with E-state index < -0.39 is 10.7 Å². The fourth-order valence-corrected chi connectivity index (χ4v) is 3.52. The Kier molecular flexibility index (Phi) is 4.72. The highest BCUT2D eigenvalue weighted by atomic mass is 35.5. The Balaban J connectivity index is 1.70. The molecule has 0 saturated carbocycles. The van der Waals surface area contributed by atoms with Crippen LogP contribution in [0.25, 0.3) is 10.2 Å². The third-order valence-electron chi connectivity index (χ3n) is 3.71. The highest BCUT2D eigenvalue weighted by Crippen LogP contribution is 2.35. The van der Waals surface area contributed by atoms with Crippen LogP contribution < -0.4 is 10.6 Å². The zero-order valence-electron chi connectivity index (χ0n) is 13.9. The highest BCUT2D eigenvalue weighted by Gasteiger charge is 2.24. The molecule has 0 atom stereocenters. The van der Waals surface area contributed by atoms with Gasteiger partial charge in [0.25, 0.3) is 0 Å². The summed E-state index contributed by atoms with van der Waals surface area (Å²) in [4.78, 5) is 23.3. The number of thiazole rings is 1. The lowest BCUT2D eigenvalue weighted by atomic mass is 10.3. The van der Waals surface area contributed by atoms with Gasteiger partial charge in [0.15, 0.2) is 5.13 Å². The lowest BCUT2D eigenvalue weighted by Crippen LogP contribution is -2.05. The van der Waals surface area contributed by atoms with Crippen molar-refractivity contribution in [2.75, 3.05) is 10.6 Å². The van der Waals surface area contributed by atoms with Gasteiger partial charge in [-0.05, 0) is 30.3 Å². The van der Waals surface area contributed by atoms with Crippen LogP contribution in [-0.4, -0.2) is 19.9 Å². The number of benzene rings is 2. The molecular formula is C17H10ClFN6O2S. The van der Waals surface area contributed by atoms with Gasteiger partial charge in [0, 0.05) is 5.69 Å². The smallest absolute Gasteiger partial charge is 0.334 e. The summed E-state index contributed by atoms with van der Waals surface area (Å²) in [6.45, 7) is 0. The molecule has 0 amide bonds. The second kappa shape index (κ2) is 7.33. The third kappa shape index (κ3) is 3.55. The Bertz CT molecular complexity index is 1170. The van der Waals surface area contributed by atoms with Crippen molar-refractivity contribution >= 4 is 61.3 Å². The summed E-state index contributed by atoms with van der Waals surface area (Å²) in [6.07, 6.45) is 1.18. The molecule has 0 bridgehead atoms. The van der Waals surface area contributed by atoms with Crippen LogP contribution in [0.15, 0.2) is 48.8 Å². The van der Waals surface area contributed by atoms with E-state index in [1.54, 1.807) is 0 Å². The average Bonchev–Trinajstić information content (AvgIpc) is 3.07. The van der Waals surface area contributed by atoms with Crippen molar-refractivity contribution < 1.29 is 9.31 Å². The quantitative estimate of drug-likeness (QED) is 0.337. The molecule has 28 heavy (non-hydrogen) atoms. The maximum atomic E-state index is 13.3. The van der Waals surface area contributed by atoms with Crippen molar-refractivity contribution in [2.45, 2.75) is 0 Å². The lowest BCUT2D eigenvalue weighted by Gasteiger charge is -2.09. The molecule has 11 heteroatoms. The Morgan fingerprint density at radius 2 is 1.86 bits per heavy atom. The van der Waals surface area contributed by atoms with Crippen LogP contribution in [0.3, 0.4) is 0 Å². The molecule has 4 rings (SSSR count). The molecule has 8 nitrogen and oxygen atoms in total. The first-order chi connectivity index (χ1) is 13.5. The Hall–Kier alpha value is -3.37. The number of halogens is 2. The molecule has 4 aromatic rings. The van der Waals surface area contributed by atoms with Gasteiger partial charge in [-0.1, -0.05) is 35.1 Å².